The molecule has 0 radical (unpaired) electrons. The number of methoxy groups -OCH3 is 1. The summed E-state index contributed by atoms with van der Waals surface area (Å²) < 4.78 is 62.0. The lowest BCUT2D eigenvalue weighted by Crippen LogP contribution is -2.45. The van der Waals surface area contributed by atoms with Crippen molar-refractivity contribution in [1.29, 1.82) is 0 Å². The van der Waals surface area contributed by atoms with Crippen molar-refractivity contribution in [2.45, 2.75) is 36.3 Å². The van der Waals surface area contributed by atoms with Crippen LogP contribution in [0.5, 0.6) is 5.75 Å². The van der Waals surface area contributed by atoms with Gasteiger partial charge >= 0.3 is 0 Å². The van der Waals surface area contributed by atoms with Gasteiger partial charge in [-0.2, -0.15) is 4.31 Å². The lowest BCUT2D eigenvalue weighted by atomic mass is 10.2. The van der Waals surface area contributed by atoms with Gasteiger partial charge in [-0.15, -0.1) is 0 Å². The highest BCUT2D eigenvalue weighted by molar-refractivity contribution is 7.92. The number of nitrogens with zero attached hydrogens (tertiary/aromatic N) is 1. The van der Waals surface area contributed by atoms with Gasteiger partial charge in [0.15, 0.2) is 9.84 Å². The fourth-order valence-corrected chi connectivity index (χ4v) is 6.83. The minimum Gasteiger partial charge on any atom is -0.497 e. The number of benzene rings is 1. The summed E-state index contributed by atoms with van der Waals surface area (Å²) in [6.45, 7) is 0.804. The van der Waals surface area contributed by atoms with Crippen LogP contribution in [0.4, 0.5) is 0 Å². The molecule has 0 aromatic heterocycles. The molecule has 2 aliphatic rings. The Kier molecular flexibility index (Phi) is 5.38. The van der Waals surface area contributed by atoms with Crippen LogP contribution in [0.1, 0.15) is 19.3 Å². The summed E-state index contributed by atoms with van der Waals surface area (Å²) in [6.07, 6.45) is 1.82. The van der Waals surface area contributed by atoms with Gasteiger partial charge in [-0.3, -0.25) is 0 Å². The number of sulfone groups is 1. The predicted octanol–water partition coefficient (Wildman–Crippen LogP) is 1.05. The second kappa shape index (κ2) is 7.22. The van der Waals surface area contributed by atoms with Crippen molar-refractivity contribution < 1.29 is 26.3 Å². The number of hydrogen-bond donors (Lipinski definition) is 0. The monoisotopic (exact) mass is 389 g/mol. The molecule has 0 amide bonds. The summed E-state index contributed by atoms with van der Waals surface area (Å²) in [5, 5.41) is 0. The van der Waals surface area contributed by atoms with E-state index in [1.807, 2.05) is 0 Å². The van der Waals surface area contributed by atoms with Gasteiger partial charge in [-0.1, -0.05) is 0 Å². The van der Waals surface area contributed by atoms with Gasteiger partial charge in [0.1, 0.15) is 5.75 Å². The van der Waals surface area contributed by atoms with Gasteiger partial charge in [0.05, 0.1) is 29.6 Å². The molecule has 1 aromatic carbocycles. The maximum atomic E-state index is 13.2. The molecule has 7 nitrogen and oxygen atoms in total. The normalized spacial score (nSPS) is 26.2. The quantitative estimate of drug-likeness (QED) is 0.722. The van der Waals surface area contributed by atoms with Crippen molar-refractivity contribution in [3.05, 3.63) is 24.3 Å². The molecule has 0 bridgehead atoms. The van der Waals surface area contributed by atoms with Gasteiger partial charge in [-0.05, 0) is 43.5 Å². The zero-order valence-electron chi connectivity index (χ0n) is 14.1. The molecule has 0 aliphatic carbocycles. The molecule has 0 N–H and O–H groups in total. The molecule has 2 heterocycles. The van der Waals surface area contributed by atoms with E-state index in [1.165, 1.54) is 23.5 Å². The molecular formula is C16H23NO6S2. The van der Waals surface area contributed by atoms with Crippen molar-refractivity contribution in [2.75, 3.05) is 31.8 Å². The molecule has 2 atom stereocenters. The molecule has 0 saturated carbocycles. The predicted molar refractivity (Wildman–Crippen MR) is 92.9 cm³/mol. The van der Waals surface area contributed by atoms with Gasteiger partial charge in [0.25, 0.3) is 0 Å². The largest absolute Gasteiger partial charge is 0.497 e. The van der Waals surface area contributed by atoms with Crippen LogP contribution in [0.3, 0.4) is 0 Å². The third kappa shape index (κ3) is 4.16. The van der Waals surface area contributed by atoms with Crippen LogP contribution in [0.15, 0.2) is 29.2 Å². The summed E-state index contributed by atoms with van der Waals surface area (Å²) in [7, 11) is -5.50. The van der Waals surface area contributed by atoms with Crippen molar-refractivity contribution in [2.24, 2.45) is 0 Å². The van der Waals surface area contributed by atoms with Crippen LogP contribution < -0.4 is 4.74 Å². The molecule has 140 valence electrons. The van der Waals surface area contributed by atoms with Crippen LogP contribution in [0.2, 0.25) is 0 Å². The molecule has 0 unspecified atom stereocenters. The average molecular weight is 389 g/mol. The lowest BCUT2D eigenvalue weighted by molar-refractivity contribution is 0.0877. The van der Waals surface area contributed by atoms with E-state index in [9.17, 15) is 16.8 Å². The Bertz CT molecular complexity index is 798. The van der Waals surface area contributed by atoms with Crippen molar-refractivity contribution in [3.63, 3.8) is 0 Å². The topological polar surface area (TPSA) is 90.0 Å². The second-order valence-electron chi connectivity index (χ2n) is 6.44. The van der Waals surface area contributed by atoms with E-state index in [-0.39, 0.29) is 29.0 Å². The van der Waals surface area contributed by atoms with Crippen LogP contribution in [0, 0.1) is 0 Å². The van der Waals surface area contributed by atoms with Crippen molar-refractivity contribution in [1.82, 2.24) is 4.31 Å². The fourth-order valence-electron chi connectivity index (χ4n) is 3.32. The highest BCUT2D eigenvalue weighted by Crippen LogP contribution is 2.28. The Morgan fingerprint density at radius 1 is 1.24 bits per heavy atom. The number of ether oxygens (including phenoxy) is 2. The first kappa shape index (κ1) is 18.6. The molecule has 2 aliphatic heterocycles. The molecule has 1 aromatic rings. The average Bonchev–Trinajstić information content (AvgIpc) is 3.21. The van der Waals surface area contributed by atoms with E-state index in [4.69, 9.17) is 9.47 Å². The van der Waals surface area contributed by atoms with Crippen molar-refractivity contribution in [3.8, 4) is 5.75 Å². The smallest absolute Gasteiger partial charge is 0.243 e. The molecule has 2 saturated heterocycles. The first-order chi connectivity index (χ1) is 11.8. The van der Waals surface area contributed by atoms with E-state index in [0.717, 1.165) is 12.8 Å². The van der Waals surface area contributed by atoms with Crippen LogP contribution >= 0.6 is 0 Å². The zero-order valence-corrected chi connectivity index (χ0v) is 15.8. The Balaban J connectivity index is 1.90. The molecule has 0 spiro atoms. The Morgan fingerprint density at radius 3 is 2.48 bits per heavy atom. The first-order valence-electron chi connectivity index (χ1n) is 8.30. The second-order valence-corrected chi connectivity index (χ2v) is 10.6. The van der Waals surface area contributed by atoms with E-state index < -0.39 is 25.9 Å². The van der Waals surface area contributed by atoms with Crippen LogP contribution in [-0.4, -0.2) is 65.1 Å². The highest BCUT2D eigenvalue weighted by atomic mass is 32.2. The Labute approximate surface area is 148 Å². The Hall–Kier alpha value is -1.16. The fraction of sp³-hybridized carbons (Fsp3) is 0.625. The van der Waals surface area contributed by atoms with E-state index >= 15 is 0 Å². The van der Waals surface area contributed by atoms with Gasteiger partial charge in [0, 0.05) is 19.2 Å². The molecular weight excluding hydrogens is 366 g/mol. The number of hydrogen-bond acceptors (Lipinski definition) is 6. The summed E-state index contributed by atoms with van der Waals surface area (Å²) >= 11 is 0. The van der Waals surface area contributed by atoms with E-state index in [1.54, 1.807) is 12.1 Å². The van der Waals surface area contributed by atoms with Crippen LogP contribution in [-0.2, 0) is 24.6 Å². The van der Waals surface area contributed by atoms with E-state index in [2.05, 4.69) is 0 Å². The standard InChI is InChI=1S/C16H23NO6S2/c1-22-14-4-6-16(7-5-14)25(20,21)17(11-15-3-2-9-23-15)13-8-10-24(18,19)12-13/h4-7,13,15H,2-3,8-12H2,1H3/t13-,15-/m1/s1. The van der Waals surface area contributed by atoms with Gasteiger partial charge in [-0.25, -0.2) is 16.8 Å². The SMILES string of the molecule is COc1ccc(S(=O)(=O)N(C[C@H]2CCCO2)[C@@H]2CCS(=O)(=O)C2)cc1. The summed E-state index contributed by atoms with van der Waals surface area (Å²) in [5.41, 5.74) is 0. The maximum Gasteiger partial charge on any atom is 0.243 e. The van der Waals surface area contributed by atoms with Gasteiger partial charge < -0.3 is 9.47 Å². The van der Waals surface area contributed by atoms with Crippen LogP contribution in [0.25, 0.3) is 0 Å². The highest BCUT2D eigenvalue weighted by Gasteiger charge is 2.40. The van der Waals surface area contributed by atoms with Crippen molar-refractivity contribution >= 4 is 19.9 Å². The number of rotatable bonds is 6. The molecule has 3 rings (SSSR count). The summed E-state index contributed by atoms with van der Waals surface area (Å²) in [6, 6.07) is 5.60. The molecule has 2 fully saturated rings. The zero-order chi connectivity index (χ0) is 18.1. The number of sulfonamides is 1. The lowest BCUT2D eigenvalue weighted by Gasteiger charge is -2.29. The molecule has 25 heavy (non-hydrogen) atoms. The third-order valence-electron chi connectivity index (χ3n) is 4.69. The Morgan fingerprint density at radius 2 is 1.96 bits per heavy atom. The summed E-state index contributed by atoms with van der Waals surface area (Å²) in [4.78, 5) is 0.135. The first-order valence-corrected chi connectivity index (χ1v) is 11.6. The minimum absolute atomic E-state index is 0.0256. The maximum absolute atomic E-state index is 13.2. The summed E-state index contributed by atoms with van der Waals surface area (Å²) in [5.74, 6) is 0.459. The van der Waals surface area contributed by atoms with Gasteiger partial charge in [0.2, 0.25) is 10.0 Å². The minimum atomic E-state index is -3.81. The van der Waals surface area contributed by atoms with E-state index in [0.29, 0.717) is 18.8 Å². The third-order valence-corrected chi connectivity index (χ3v) is 8.37. The molecule has 9 heteroatoms.